The fourth-order valence-electron chi connectivity index (χ4n) is 3.29. The van der Waals surface area contributed by atoms with E-state index in [9.17, 15) is 5.11 Å². The molecule has 0 aliphatic rings. The summed E-state index contributed by atoms with van der Waals surface area (Å²) in [6.07, 6.45) is 4.64. The zero-order valence-corrected chi connectivity index (χ0v) is 14.4. The molecule has 0 saturated heterocycles. The van der Waals surface area contributed by atoms with E-state index in [1.807, 2.05) is 24.3 Å². The van der Waals surface area contributed by atoms with Gasteiger partial charge in [-0.2, -0.15) is 0 Å². The standard InChI is InChI=1S/C19H26OS/c1-5-9-19(10-6-2,18-11-14(3)13-21-18)16-7-8-17(20)15(4)12-16/h7-8,11-13,20H,5-6,9-10H2,1-4H3. The Labute approximate surface area is 132 Å². The minimum Gasteiger partial charge on any atom is -0.508 e. The van der Waals surface area contributed by atoms with Gasteiger partial charge in [-0.1, -0.05) is 38.8 Å². The number of benzene rings is 1. The second-order valence-electron chi connectivity index (χ2n) is 6.07. The number of aromatic hydroxyl groups is 1. The van der Waals surface area contributed by atoms with Gasteiger partial charge in [-0.05, 0) is 60.9 Å². The van der Waals surface area contributed by atoms with Crippen LogP contribution in [0.2, 0.25) is 0 Å². The average molecular weight is 302 g/mol. The van der Waals surface area contributed by atoms with Crippen molar-refractivity contribution in [1.82, 2.24) is 0 Å². The molecule has 0 spiro atoms. The molecule has 0 aliphatic carbocycles. The maximum Gasteiger partial charge on any atom is 0.118 e. The molecule has 2 heteroatoms. The Morgan fingerprint density at radius 3 is 2.19 bits per heavy atom. The summed E-state index contributed by atoms with van der Waals surface area (Å²) < 4.78 is 0. The summed E-state index contributed by atoms with van der Waals surface area (Å²) in [7, 11) is 0. The van der Waals surface area contributed by atoms with Gasteiger partial charge in [-0.15, -0.1) is 11.3 Å². The maximum atomic E-state index is 9.85. The zero-order chi connectivity index (χ0) is 15.5. The second kappa shape index (κ2) is 6.65. The zero-order valence-electron chi connectivity index (χ0n) is 13.6. The molecule has 0 amide bonds. The average Bonchev–Trinajstić information content (AvgIpc) is 2.88. The van der Waals surface area contributed by atoms with Crippen LogP contribution < -0.4 is 0 Å². The van der Waals surface area contributed by atoms with E-state index in [0.717, 1.165) is 31.2 Å². The first-order valence-electron chi connectivity index (χ1n) is 7.89. The molecule has 0 aliphatic heterocycles. The number of thiophene rings is 1. The van der Waals surface area contributed by atoms with Crippen molar-refractivity contribution < 1.29 is 5.11 Å². The van der Waals surface area contributed by atoms with Crippen molar-refractivity contribution in [2.45, 2.75) is 58.8 Å². The summed E-state index contributed by atoms with van der Waals surface area (Å²) in [5.74, 6) is 0.392. The van der Waals surface area contributed by atoms with E-state index in [1.165, 1.54) is 16.0 Å². The van der Waals surface area contributed by atoms with Gasteiger partial charge in [0, 0.05) is 10.3 Å². The van der Waals surface area contributed by atoms with E-state index >= 15 is 0 Å². The molecule has 0 atom stereocenters. The van der Waals surface area contributed by atoms with Crippen LogP contribution in [0, 0.1) is 13.8 Å². The number of hydrogen-bond donors (Lipinski definition) is 1. The maximum absolute atomic E-state index is 9.85. The molecule has 1 aromatic carbocycles. The quantitative estimate of drug-likeness (QED) is 0.698. The van der Waals surface area contributed by atoms with Crippen LogP contribution in [-0.4, -0.2) is 5.11 Å². The molecule has 1 nitrogen and oxygen atoms in total. The lowest BCUT2D eigenvalue weighted by molar-refractivity contribution is 0.430. The second-order valence-corrected chi connectivity index (χ2v) is 6.98. The van der Waals surface area contributed by atoms with E-state index in [2.05, 4.69) is 44.4 Å². The molecule has 0 fully saturated rings. The first-order chi connectivity index (χ1) is 10.0. The van der Waals surface area contributed by atoms with Crippen molar-refractivity contribution >= 4 is 11.3 Å². The van der Waals surface area contributed by atoms with E-state index in [-0.39, 0.29) is 5.41 Å². The number of rotatable bonds is 6. The van der Waals surface area contributed by atoms with Gasteiger partial charge in [0.05, 0.1) is 0 Å². The van der Waals surface area contributed by atoms with Crippen molar-refractivity contribution in [3.63, 3.8) is 0 Å². The molecule has 1 aromatic heterocycles. The van der Waals surface area contributed by atoms with Gasteiger partial charge >= 0.3 is 0 Å². The minimum atomic E-state index is 0.0981. The first-order valence-corrected chi connectivity index (χ1v) is 8.77. The fraction of sp³-hybridized carbons (Fsp3) is 0.474. The highest BCUT2D eigenvalue weighted by molar-refractivity contribution is 7.10. The highest BCUT2D eigenvalue weighted by atomic mass is 32.1. The van der Waals surface area contributed by atoms with Gasteiger partial charge in [0.2, 0.25) is 0 Å². The molecule has 1 N–H and O–H groups in total. The lowest BCUT2D eigenvalue weighted by atomic mass is 9.72. The lowest BCUT2D eigenvalue weighted by Crippen LogP contribution is -2.26. The third kappa shape index (κ3) is 3.16. The lowest BCUT2D eigenvalue weighted by Gasteiger charge is -2.34. The van der Waals surface area contributed by atoms with Gasteiger partial charge in [-0.3, -0.25) is 0 Å². The highest BCUT2D eigenvalue weighted by Crippen LogP contribution is 2.44. The van der Waals surface area contributed by atoms with Crippen molar-refractivity contribution in [1.29, 1.82) is 0 Å². The topological polar surface area (TPSA) is 20.2 Å². The van der Waals surface area contributed by atoms with Crippen LogP contribution in [0.3, 0.4) is 0 Å². The molecule has 0 unspecified atom stereocenters. The summed E-state index contributed by atoms with van der Waals surface area (Å²) in [5, 5.41) is 12.1. The Kier molecular flexibility index (Phi) is 5.10. The SMILES string of the molecule is CCCC(CCC)(c1ccc(O)c(C)c1)c1cc(C)cs1. The Morgan fingerprint density at radius 2 is 1.71 bits per heavy atom. The number of phenols is 1. The molecular weight excluding hydrogens is 276 g/mol. The van der Waals surface area contributed by atoms with Gasteiger partial charge in [0.1, 0.15) is 5.75 Å². The Morgan fingerprint density at radius 1 is 1.05 bits per heavy atom. The van der Waals surface area contributed by atoms with Gasteiger partial charge in [0.15, 0.2) is 0 Å². The molecule has 2 rings (SSSR count). The van der Waals surface area contributed by atoms with E-state index in [4.69, 9.17) is 0 Å². The van der Waals surface area contributed by atoms with Crippen molar-refractivity contribution in [2.24, 2.45) is 0 Å². The predicted molar refractivity (Wildman–Crippen MR) is 92.5 cm³/mol. The predicted octanol–water partition coefficient (Wildman–Crippen LogP) is 5.96. The molecule has 0 bridgehead atoms. The van der Waals surface area contributed by atoms with Crippen LogP contribution in [0.1, 0.15) is 61.1 Å². The summed E-state index contributed by atoms with van der Waals surface area (Å²) in [6.45, 7) is 8.68. The number of aryl methyl sites for hydroxylation is 2. The van der Waals surface area contributed by atoms with Crippen molar-refractivity contribution in [3.05, 3.63) is 51.2 Å². The van der Waals surface area contributed by atoms with Crippen LogP contribution in [0.5, 0.6) is 5.75 Å². The smallest absolute Gasteiger partial charge is 0.118 e. The first kappa shape index (κ1) is 16.1. The Hall–Kier alpha value is -1.28. The van der Waals surface area contributed by atoms with Crippen LogP contribution in [0.25, 0.3) is 0 Å². The molecular formula is C19H26OS. The molecule has 1 heterocycles. The largest absolute Gasteiger partial charge is 0.508 e. The van der Waals surface area contributed by atoms with Crippen LogP contribution in [0.15, 0.2) is 29.6 Å². The van der Waals surface area contributed by atoms with Gasteiger partial charge in [-0.25, -0.2) is 0 Å². The summed E-state index contributed by atoms with van der Waals surface area (Å²) in [6, 6.07) is 8.49. The molecule has 114 valence electrons. The van der Waals surface area contributed by atoms with E-state index in [0.29, 0.717) is 5.75 Å². The Bertz CT molecular complexity index is 591. The fourth-order valence-corrected chi connectivity index (χ4v) is 4.47. The molecule has 2 aromatic rings. The number of hydrogen-bond acceptors (Lipinski definition) is 2. The van der Waals surface area contributed by atoms with E-state index in [1.54, 1.807) is 0 Å². The van der Waals surface area contributed by atoms with E-state index < -0.39 is 0 Å². The molecule has 0 saturated carbocycles. The van der Waals surface area contributed by atoms with Crippen molar-refractivity contribution in [2.75, 3.05) is 0 Å². The number of phenolic OH excluding ortho intramolecular Hbond substituents is 1. The molecule has 21 heavy (non-hydrogen) atoms. The highest BCUT2D eigenvalue weighted by Gasteiger charge is 2.34. The van der Waals surface area contributed by atoms with Gasteiger partial charge < -0.3 is 5.11 Å². The third-order valence-electron chi connectivity index (χ3n) is 4.31. The normalized spacial score (nSPS) is 11.8. The third-order valence-corrected chi connectivity index (χ3v) is 5.56. The van der Waals surface area contributed by atoms with Gasteiger partial charge in [0.25, 0.3) is 0 Å². The van der Waals surface area contributed by atoms with Crippen LogP contribution in [0.4, 0.5) is 0 Å². The molecule has 0 radical (unpaired) electrons. The summed E-state index contributed by atoms with van der Waals surface area (Å²) >= 11 is 1.88. The summed E-state index contributed by atoms with van der Waals surface area (Å²) in [4.78, 5) is 1.47. The van der Waals surface area contributed by atoms with Crippen molar-refractivity contribution in [3.8, 4) is 5.75 Å². The minimum absolute atomic E-state index is 0.0981. The summed E-state index contributed by atoms with van der Waals surface area (Å²) in [5.41, 5.74) is 3.77. The van der Waals surface area contributed by atoms with Crippen LogP contribution in [-0.2, 0) is 5.41 Å². The Balaban J connectivity index is 2.60. The van der Waals surface area contributed by atoms with Crippen LogP contribution >= 0.6 is 11.3 Å². The monoisotopic (exact) mass is 302 g/mol.